The lowest BCUT2D eigenvalue weighted by atomic mass is 10.1. The van der Waals surface area contributed by atoms with Crippen molar-refractivity contribution in [2.75, 3.05) is 0 Å². The standard InChI is InChI=1S/C12H13NO/c13-9-10-5-4-8-12(10)14-11-6-2-1-3-7-11/h1-3,6-7,10,12H,4-5,8H2/t10-,12+/m1/s1. The highest BCUT2D eigenvalue weighted by Gasteiger charge is 2.28. The smallest absolute Gasteiger partial charge is 0.119 e. The molecular formula is C12H13NO. The predicted octanol–water partition coefficient (Wildman–Crippen LogP) is 2.76. The average Bonchev–Trinajstić information content (AvgIpc) is 2.67. The number of benzene rings is 1. The van der Waals surface area contributed by atoms with Crippen LogP contribution in [0.4, 0.5) is 0 Å². The maximum absolute atomic E-state index is 8.88. The molecule has 0 radical (unpaired) electrons. The maximum Gasteiger partial charge on any atom is 0.119 e. The van der Waals surface area contributed by atoms with Gasteiger partial charge in [-0.2, -0.15) is 5.26 Å². The first-order chi connectivity index (χ1) is 6.90. The molecule has 1 fully saturated rings. The van der Waals surface area contributed by atoms with Gasteiger partial charge in [0.1, 0.15) is 11.9 Å². The van der Waals surface area contributed by atoms with Gasteiger partial charge in [0.2, 0.25) is 0 Å². The molecule has 1 aromatic carbocycles. The van der Waals surface area contributed by atoms with E-state index in [1.807, 2.05) is 30.3 Å². The van der Waals surface area contributed by atoms with Crippen LogP contribution >= 0.6 is 0 Å². The highest BCUT2D eigenvalue weighted by atomic mass is 16.5. The summed E-state index contributed by atoms with van der Waals surface area (Å²) in [4.78, 5) is 0. The van der Waals surface area contributed by atoms with Gasteiger partial charge in [0.15, 0.2) is 0 Å². The Morgan fingerprint density at radius 3 is 2.71 bits per heavy atom. The molecule has 0 unspecified atom stereocenters. The van der Waals surface area contributed by atoms with E-state index in [0.717, 1.165) is 25.0 Å². The van der Waals surface area contributed by atoms with Crippen LogP contribution in [0.25, 0.3) is 0 Å². The molecule has 0 aliphatic heterocycles. The highest BCUT2D eigenvalue weighted by Crippen LogP contribution is 2.28. The SMILES string of the molecule is N#C[C@H]1CCC[C@@H]1Oc1ccccc1. The summed E-state index contributed by atoms with van der Waals surface area (Å²) in [7, 11) is 0. The number of nitrogens with zero attached hydrogens (tertiary/aromatic N) is 1. The normalized spacial score (nSPS) is 25.6. The molecule has 0 spiro atoms. The van der Waals surface area contributed by atoms with Crippen LogP contribution in [-0.2, 0) is 0 Å². The van der Waals surface area contributed by atoms with Gasteiger partial charge in [-0.1, -0.05) is 18.2 Å². The molecule has 14 heavy (non-hydrogen) atoms. The van der Waals surface area contributed by atoms with Crippen LogP contribution in [0, 0.1) is 17.2 Å². The molecular weight excluding hydrogens is 174 g/mol. The predicted molar refractivity (Wildman–Crippen MR) is 53.8 cm³/mol. The van der Waals surface area contributed by atoms with Gasteiger partial charge < -0.3 is 4.74 Å². The van der Waals surface area contributed by atoms with Crippen molar-refractivity contribution in [2.24, 2.45) is 5.92 Å². The highest BCUT2D eigenvalue weighted by molar-refractivity contribution is 5.21. The molecule has 0 bridgehead atoms. The van der Waals surface area contributed by atoms with E-state index in [9.17, 15) is 0 Å². The third kappa shape index (κ3) is 1.88. The van der Waals surface area contributed by atoms with Gasteiger partial charge in [0, 0.05) is 0 Å². The summed E-state index contributed by atoms with van der Waals surface area (Å²) in [6.07, 6.45) is 3.19. The lowest BCUT2D eigenvalue weighted by Crippen LogP contribution is -2.19. The summed E-state index contributed by atoms with van der Waals surface area (Å²) in [6.45, 7) is 0. The Hall–Kier alpha value is -1.49. The first-order valence-electron chi connectivity index (χ1n) is 5.01. The maximum atomic E-state index is 8.88. The number of rotatable bonds is 2. The number of hydrogen-bond acceptors (Lipinski definition) is 2. The monoisotopic (exact) mass is 187 g/mol. The summed E-state index contributed by atoms with van der Waals surface area (Å²) in [5, 5.41) is 8.88. The molecule has 72 valence electrons. The topological polar surface area (TPSA) is 33.0 Å². The summed E-state index contributed by atoms with van der Waals surface area (Å²) in [5.41, 5.74) is 0. The molecule has 0 heterocycles. The Labute approximate surface area is 84.1 Å². The molecule has 2 rings (SSSR count). The Balaban J connectivity index is 2.01. The Morgan fingerprint density at radius 2 is 2.00 bits per heavy atom. The fourth-order valence-corrected chi connectivity index (χ4v) is 1.89. The van der Waals surface area contributed by atoms with Crippen molar-refractivity contribution in [2.45, 2.75) is 25.4 Å². The lowest BCUT2D eigenvalue weighted by Gasteiger charge is -2.15. The molecule has 0 N–H and O–H groups in total. The van der Waals surface area contributed by atoms with Crippen molar-refractivity contribution < 1.29 is 4.74 Å². The van der Waals surface area contributed by atoms with E-state index in [-0.39, 0.29) is 12.0 Å². The Kier molecular flexibility index (Phi) is 2.69. The second kappa shape index (κ2) is 4.15. The third-order valence-corrected chi connectivity index (χ3v) is 2.65. The van der Waals surface area contributed by atoms with E-state index >= 15 is 0 Å². The minimum absolute atomic E-state index is 0.0789. The zero-order chi connectivity index (χ0) is 9.80. The molecule has 0 aromatic heterocycles. The fourth-order valence-electron chi connectivity index (χ4n) is 1.89. The summed E-state index contributed by atoms with van der Waals surface area (Å²) in [5.74, 6) is 0.954. The van der Waals surface area contributed by atoms with Crippen molar-refractivity contribution in [1.29, 1.82) is 5.26 Å². The van der Waals surface area contributed by atoms with E-state index in [2.05, 4.69) is 6.07 Å². The number of ether oxygens (including phenoxy) is 1. The second-order valence-corrected chi connectivity index (χ2v) is 3.64. The average molecular weight is 187 g/mol. The molecule has 0 saturated heterocycles. The third-order valence-electron chi connectivity index (χ3n) is 2.65. The van der Waals surface area contributed by atoms with E-state index in [0.29, 0.717) is 0 Å². The second-order valence-electron chi connectivity index (χ2n) is 3.64. The van der Waals surface area contributed by atoms with Gasteiger partial charge in [-0.25, -0.2) is 0 Å². The number of nitriles is 1. The quantitative estimate of drug-likeness (QED) is 0.713. The van der Waals surface area contributed by atoms with Gasteiger partial charge in [-0.15, -0.1) is 0 Å². The Bertz CT molecular complexity index is 328. The van der Waals surface area contributed by atoms with Crippen molar-refractivity contribution in [3.05, 3.63) is 30.3 Å². The number of hydrogen-bond donors (Lipinski definition) is 0. The molecule has 2 heteroatoms. The lowest BCUT2D eigenvalue weighted by molar-refractivity contribution is 0.182. The van der Waals surface area contributed by atoms with Gasteiger partial charge in [0.05, 0.1) is 12.0 Å². The minimum atomic E-state index is 0.0789. The van der Waals surface area contributed by atoms with Crippen LogP contribution in [0.2, 0.25) is 0 Å². The van der Waals surface area contributed by atoms with Crippen LogP contribution in [0.3, 0.4) is 0 Å². The van der Waals surface area contributed by atoms with E-state index < -0.39 is 0 Å². The van der Waals surface area contributed by atoms with Crippen LogP contribution < -0.4 is 4.74 Å². The molecule has 2 nitrogen and oxygen atoms in total. The van der Waals surface area contributed by atoms with Crippen LogP contribution in [-0.4, -0.2) is 6.10 Å². The van der Waals surface area contributed by atoms with E-state index in [1.165, 1.54) is 0 Å². The van der Waals surface area contributed by atoms with Crippen molar-refractivity contribution in [3.8, 4) is 11.8 Å². The number of para-hydroxylation sites is 1. The largest absolute Gasteiger partial charge is 0.489 e. The molecule has 1 saturated carbocycles. The van der Waals surface area contributed by atoms with E-state index in [1.54, 1.807) is 0 Å². The summed E-state index contributed by atoms with van der Waals surface area (Å²) in [6, 6.07) is 12.0. The molecule has 2 atom stereocenters. The first kappa shape index (κ1) is 9.08. The van der Waals surface area contributed by atoms with Crippen LogP contribution in [0.15, 0.2) is 30.3 Å². The molecule has 0 amide bonds. The summed E-state index contributed by atoms with van der Waals surface area (Å²) < 4.78 is 5.76. The molecule has 1 aliphatic carbocycles. The van der Waals surface area contributed by atoms with Gasteiger partial charge in [-0.3, -0.25) is 0 Å². The minimum Gasteiger partial charge on any atom is -0.489 e. The van der Waals surface area contributed by atoms with Gasteiger partial charge in [0.25, 0.3) is 0 Å². The summed E-state index contributed by atoms with van der Waals surface area (Å²) >= 11 is 0. The van der Waals surface area contributed by atoms with Gasteiger partial charge in [-0.05, 0) is 31.4 Å². The molecule has 1 aliphatic rings. The molecule has 1 aromatic rings. The fraction of sp³-hybridized carbons (Fsp3) is 0.417. The zero-order valence-corrected chi connectivity index (χ0v) is 8.02. The first-order valence-corrected chi connectivity index (χ1v) is 5.01. The van der Waals surface area contributed by atoms with Crippen molar-refractivity contribution in [1.82, 2.24) is 0 Å². The van der Waals surface area contributed by atoms with Crippen molar-refractivity contribution >= 4 is 0 Å². The van der Waals surface area contributed by atoms with Crippen LogP contribution in [0.1, 0.15) is 19.3 Å². The van der Waals surface area contributed by atoms with Crippen molar-refractivity contribution in [3.63, 3.8) is 0 Å². The zero-order valence-electron chi connectivity index (χ0n) is 8.02. The Morgan fingerprint density at radius 1 is 1.21 bits per heavy atom. The van der Waals surface area contributed by atoms with Gasteiger partial charge >= 0.3 is 0 Å². The van der Waals surface area contributed by atoms with Crippen LogP contribution in [0.5, 0.6) is 5.75 Å². The van der Waals surface area contributed by atoms with E-state index in [4.69, 9.17) is 10.00 Å².